The number of methoxy groups -OCH3 is 1. The van der Waals surface area contributed by atoms with E-state index in [1.54, 1.807) is 18.4 Å². The van der Waals surface area contributed by atoms with Gasteiger partial charge in [-0.05, 0) is 49.0 Å². The lowest BCUT2D eigenvalue weighted by Gasteiger charge is -2.15. The van der Waals surface area contributed by atoms with Crippen LogP contribution >= 0.6 is 11.3 Å². The lowest BCUT2D eigenvalue weighted by Crippen LogP contribution is -2.17. The SMILES string of the molecule is COc1ccc(-c2nc(CN(C)Cc3ccc4c(c3)OCO4)cs2)cc1. The molecule has 6 heteroatoms. The van der Waals surface area contributed by atoms with Crippen LogP contribution in [0.3, 0.4) is 0 Å². The predicted molar refractivity (Wildman–Crippen MR) is 102 cm³/mol. The first-order chi connectivity index (χ1) is 12.7. The minimum Gasteiger partial charge on any atom is -0.497 e. The molecule has 2 heterocycles. The first kappa shape index (κ1) is 16.9. The molecule has 0 saturated heterocycles. The summed E-state index contributed by atoms with van der Waals surface area (Å²) in [5, 5.41) is 3.15. The fraction of sp³-hybridized carbons (Fsp3) is 0.250. The van der Waals surface area contributed by atoms with Gasteiger partial charge < -0.3 is 14.2 Å². The molecule has 4 rings (SSSR count). The van der Waals surface area contributed by atoms with Crippen LogP contribution in [0.4, 0.5) is 0 Å². The molecule has 0 radical (unpaired) electrons. The summed E-state index contributed by atoms with van der Waals surface area (Å²) in [6.45, 7) is 1.93. The molecule has 0 bridgehead atoms. The molecule has 0 spiro atoms. The van der Waals surface area contributed by atoms with Gasteiger partial charge in [-0.15, -0.1) is 11.3 Å². The highest BCUT2D eigenvalue weighted by Gasteiger charge is 2.14. The summed E-state index contributed by atoms with van der Waals surface area (Å²) in [6.07, 6.45) is 0. The zero-order valence-corrected chi connectivity index (χ0v) is 15.6. The van der Waals surface area contributed by atoms with Crippen LogP contribution in [0, 0.1) is 0 Å². The van der Waals surface area contributed by atoms with E-state index < -0.39 is 0 Å². The summed E-state index contributed by atoms with van der Waals surface area (Å²) in [5.41, 5.74) is 3.38. The number of thiazole rings is 1. The molecule has 3 aromatic rings. The maximum atomic E-state index is 5.45. The number of rotatable bonds is 6. The van der Waals surface area contributed by atoms with E-state index in [-0.39, 0.29) is 0 Å². The Bertz CT molecular complexity index is 892. The Labute approximate surface area is 156 Å². The normalized spacial score (nSPS) is 12.6. The van der Waals surface area contributed by atoms with Crippen molar-refractivity contribution in [2.45, 2.75) is 13.1 Å². The largest absolute Gasteiger partial charge is 0.497 e. The molecule has 0 saturated carbocycles. The van der Waals surface area contributed by atoms with E-state index in [0.29, 0.717) is 6.79 Å². The Balaban J connectivity index is 1.40. The first-order valence-corrected chi connectivity index (χ1v) is 9.25. The zero-order valence-electron chi connectivity index (χ0n) is 14.8. The fourth-order valence-electron chi connectivity index (χ4n) is 2.93. The summed E-state index contributed by atoms with van der Waals surface area (Å²) in [7, 11) is 3.77. The zero-order chi connectivity index (χ0) is 17.9. The molecule has 2 aromatic carbocycles. The van der Waals surface area contributed by atoms with Gasteiger partial charge in [-0.1, -0.05) is 6.07 Å². The average molecular weight is 368 g/mol. The number of fused-ring (bicyclic) bond motifs is 1. The van der Waals surface area contributed by atoms with Gasteiger partial charge in [0.2, 0.25) is 6.79 Å². The summed E-state index contributed by atoms with van der Waals surface area (Å²) in [4.78, 5) is 7.01. The van der Waals surface area contributed by atoms with Crippen LogP contribution in [0.2, 0.25) is 0 Å². The predicted octanol–water partition coefficient (Wildman–Crippen LogP) is 4.18. The van der Waals surface area contributed by atoms with Crippen molar-refractivity contribution in [3.63, 3.8) is 0 Å². The third-order valence-electron chi connectivity index (χ3n) is 4.21. The van der Waals surface area contributed by atoms with Gasteiger partial charge in [-0.25, -0.2) is 4.98 Å². The molecule has 0 atom stereocenters. The smallest absolute Gasteiger partial charge is 0.231 e. The van der Waals surface area contributed by atoms with E-state index in [1.165, 1.54) is 5.56 Å². The van der Waals surface area contributed by atoms with E-state index in [2.05, 4.69) is 23.4 Å². The summed E-state index contributed by atoms with van der Waals surface area (Å²) in [6, 6.07) is 14.1. The third-order valence-corrected chi connectivity index (χ3v) is 5.15. The molecule has 1 aliphatic rings. The average Bonchev–Trinajstić information content (AvgIpc) is 3.30. The monoisotopic (exact) mass is 368 g/mol. The van der Waals surface area contributed by atoms with Crippen molar-refractivity contribution in [3.05, 3.63) is 59.1 Å². The molecule has 0 aliphatic carbocycles. The fourth-order valence-corrected chi connectivity index (χ4v) is 3.75. The Morgan fingerprint density at radius 1 is 1.08 bits per heavy atom. The van der Waals surface area contributed by atoms with Crippen LogP contribution in [0.25, 0.3) is 10.6 Å². The molecule has 26 heavy (non-hydrogen) atoms. The Hall–Kier alpha value is -2.57. The number of ether oxygens (including phenoxy) is 3. The van der Waals surface area contributed by atoms with E-state index in [4.69, 9.17) is 19.2 Å². The van der Waals surface area contributed by atoms with Crippen molar-refractivity contribution in [1.29, 1.82) is 0 Å². The maximum absolute atomic E-state index is 5.45. The summed E-state index contributed by atoms with van der Waals surface area (Å²) in [5.74, 6) is 2.50. The highest BCUT2D eigenvalue weighted by atomic mass is 32.1. The van der Waals surface area contributed by atoms with E-state index in [0.717, 1.165) is 46.6 Å². The minimum absolute atomic E-state index is 0.307. The first-order valence-electron chi connectivity index (χ1n) is 8.37. The molecule has 0 amide bonds. The topological polar surface area (TPSA) is 43.8 Å². The van der Waals surface area contributed by atoms with Crippen molar-refractivity contribution in [2.24, 2.45) is 0 Å². The molecule has 134 valence electrons. The Kier molecular flexibility index (Phi) is 4.77. The van der Waals surface area contributed by atoms with Gasteiger partial charge in [0.05, 0.1) is 12.8 Å². The molecular formula is C20H20N2O3S. The maximum Gasteiger partial charge on any atom is 0.231 e. The summed E-state index contributed by atoms with van der Waals surface area (Å²) >= 11 is 1.67. The molecule has 1 aromatic heterocycles. The lowest BCUT2D eigenvalue weighted by atomic mass is 10.2. The van der Waals surface area contributed by atoms with E-state index in [1.807, 2.05) is 36.4 Å². The van der Waals surface area contributed by atoms with Crippen LogP contribution in [-0.2, 0) is 13.1 Å². The van der Waals surface area contributed by atoms with Crippen molar-refractivity contribution in [2.75, 3.05) is 21.0 Å². The number of aromatic nitrogens is 1. The van der Waals surface area contributed by atoms with Crippen LogP contribution in [-0.4, -0.2) is 30.8 Å². The minimum atomic E-state index is 0.307. The number of hydrogen-bond donors (Lipinski definition) is 0. The Morgan fingerprint density at radius 2 is 1.88 bits per heavy atom. The van der Waals surface area contributed by atoms with Gasteiger partial charge >= 0.3 is 0 Å². The highest BCUT2D eigenvalue weighted by molar-refractivity contribution is 7.13. The van der Waals surface area contributed by atoms with Crippen molar-refractivity contribution in [3.8, 4) is 27.8 Å². The lowest BCUT2D eigenvalue weighted by molar-refractivity contribution is 0.174. The number of hydrogen-bond acceptors (Lipinski definition) is 6. The Morgan fingerprint density at radius 3 is 2.69 bits per heavy atom. The van der Waals surface area contributed by atoms with Crippen LogP contribution < -0.4 is 14.2 Å². The van der Waals surface area contributed by atoms with Crippen LogP contribution in [0.1, 0.15) is 11.3 Å². The van der Waals surface area contributed by atoms with Gasteiger partial charge in [0, 0.05) is 24.0 Å². The second kappa shape index (κ2) is 7.35. The molecule has 0 fully saturated rings. The molecule has 5 nitrogen and oxygen atoms in total. The third kappa shape index (κ3) is 3.66. The number of benzene rings is 2. The van der Waals surface area contributed by atoms with Crippen molar-refractivity contribution < 1.29 is 14.2 Å². The van der Waals surface area contributed by atoms with Gasteiger partial charge in [-0.3, -0.25) is 4.90 Å². The van der Waals surface area contributed by atoms with Gasteiger partial charge in [0.15, 0.2) is 11.5 Å². The van der Waals surface area contributed by atoms with Crippen LogP contribution in [0.5, 0.6) is 17.2 Å². The highest BCUT2D eigenvalue weighted by Crippen LogP contribution is 2.33. The molecule has 1 aliphatic heterocycles. The molecular weight excluding hydrogens is 348 g/mol. The molecule has 0 unspecified atom stereocenters. The number of nitrogens with zero attached hydrogens (tertiary/aromatic N) is 2. The van der Waals surface area contributed by atoms with Crippen LogP contribution in [0.15, 0.2) is 47.8 Å². The quantitative estimate of drug-likeness (QED) is 0.653. The van der Waals surface area contributed by atoms with Crippen molar-refractivity contribution in [1.82, 2.24) is 9.88 Å². The van der Waals surface area contributed by atoms with Gasteiger partial charge in [-0.2, -0.15) is 0 Å². The van der Waals surface area contributed by atoms with Gasteiger partial charge in [0.1, 0.15) is 10.8 Å². The standard InChI is InChI=1S/C20H20N2O3S/c1-22(10-14-3-8-18-19(9-14)25-13-24-18)11-16-12-26-20(21-16)15-4-6-17(23-2)7-5-15/h3-9,12H,10-11,13H2,1-2H3. The second-order valence-corrected chi connectivity index (χ2v) is 7.09. The van der Waals surface area contributed by atoms with Crippen molar-refractivity contribution >= 4 is 11.3 Å². The molecule has 0 N–H and O–H groups in total. The van der Waals surface area contributed by atoms with E-state index >= 15 is 0 Å². The van der Waals surface area contributed by atoms with Gasteiger partial charge in [0.25, 0.3) is 0 Å². The van der Waals surface area contributed by atoms with E-state index in [9.17, 15) is 0 Å². The summed E-state index contributed by atoms with van der Waals surface area (Å²) < 4.78 is 16.0. The second-order valence-electron chi connectivity index (χ2n) is 6.23.